The molecule has 0 bridgehead atoms. The predicted octanol–water partition coefficient (Wildman–Crippen LogP) is 4.19. The number of thiol groups is 1. The van der Waals surface area contributed by atoms with Gasteiger partial charge < -0.3 is 5.11 Å². The summed E-state index contributed by atoms with van der Waals surface area (Å²) in [6.45, 7) is 2.14. The standard InChI is InChI=1S/C18H19NOS/c1-2-16-18(12-17(21)19-16,13-6-4-3-5-7-13)14-8-10-15(20)11-9-14/h3-11,17,20-21H,2,12H2,1H3. The predicted molar refractivity (Wildman–Crippen MR) is 90.4 cm³/mol. The minimum atomic E-state index is -0.226. The molecule has 3 heteroatoms. The molecule has 1 N–H and O–H groups in total. The molecule has 2 unspecified atom stereocenters. The Morgan fingerprint density at radius 1 is 1.10 bits per heavy atom. The van der Waals surface area contributed by atoms with E-state index in [2.05, 4.69) is 43.8 Å². The van der Waals surface area contributed by atoms with E-state index in [0.29, 0.717) is 0 Å². The molecule has 2 nitrogen and oxygen atoms in total. The average molecular weight is 297 g/mol. The van der Waals surface area contributed by atoms with Crippen LogP contribution < -0.4 is 0 Å². The zero-order valence-electron chi connectivity index (χ0n) is 12.0. The Labute approximate surface area is 131 Å². The van der Waals surface area contributed by atoms with E-state index in [1.54, 1.807) is 12.1 Å². The summed E-state index contributed by atoms with van der Waals surface area (Å²) in [4.78, 5) is 4.75. The first-order valence-electron chi connectivity index (χ1n) is 7.27. The van der Waals surface area contributed by atoms with E-state index in [9.17, 15) is 5.11 Å². The number of phenols is 1. The minimum absolute atomic E-state index is 0.0222. The highest BCUT2D eigenvalue weighted by Gasteiger charge is 2.44. The molecule has 2 atom stereocenters. The van der Waals surface area contributed by atoms with Crippen molar-refractivity contribution in [1.82, 2.24) is 0 Å². The normalized spacial score (nSPS) is 24.9. The van der Waals surface area contributed by atoms with Crippen LogP contribution in [0, 0.1) is 0 Å². The van der Waals surface area contributed by atoms with Crippen molar-refractivity contribution in [1.29, 1.82) is 0 Å². The largest absolute Gasteiger partial charge is 0.508 e. The number of benzene rings is 2. The zero-order valence-corrected chi connectivity index (χ0v) is 12.9. The molecule has 21 heavy (non-hydrogen) atoms. The van der Waals surface area contributed by atoms with Crippen LogP contribution in [0.4, 0.5) is 0 Å². The van der Waals surface area contributed by atoms with Crippen LogP contribution in [0.15, 0.2) is 59.6 Å². The van der Waals surface area contributed by atoms with Crippen LogP contribution >= 0.6 is 12.6 Å². The Bertz CT molecular complexity index is 651. The SMILES string of the molecule is CCC1=NC(S)CC1(c1ccccc1)c1ccc(O)cc1. The van der Waals surface area contributed by atoms with E-state index >= 15 is 0 Å². The monoisotopic (exact) mass is 297 g/mol. The van der Waals surface area contributed by atoms with Gasteiger partial charge in [-0.05, 0) is 36.1 Å². The Hall–Kier alpha value is -1.74. The summed E-state index contributed by atoms with van der Waals surface area (Å²) in [7, 11) is 0. The Morgan fingerprint density at radius 2 is 1.71 bits per heavy atom. The fraction of sp³-hybridized carbons (Fsp3) is 0.278. The minimum Gasteiger partial charge on any atom is -0.508 e. The van der Waals surface area contributed by atoms with Gasteiger partial charge in [-0.25, -0.2) is 0 Å². The molecule has 1 aliphatic heterocycles. The molecule has 0 amide bonds. The summed E-state index contributed by atoms with van der Waals surface area (Å²) in [5.74, 6) is 0.289. The fourth-order valence-corrected chi connectivity index (χ4v) is 3.74. The van der Waals surface area contributed by atoms with Crippen LogP contribution in [0.25, 0.3) is 0 Å². The number of aromatic hydroxyl groups is 1. The van der Waals surface area contributed by atoms with Gasteiger partial charge in [-0.1, -0.05) is 49.4 Å². The van der Waals surface area contributed by atoms with E-state index in [-0.39, 0.29) is 16.5 Å². The van der Waals surface area contributed by atoms with Crippen LogP contribution in [0.2, 0.25) is 0 Å². The van der Waals surface area contributed by atoms with E-state index in [4.69, 9.17) is 4.99 Å². The van der Waals surface area contributed by atoms with Crippen molar-refractivity contribution in [2.45, 2.75) is 30.6 Å². The quantitative estimate of drug-likeness (QED) is 0.818. The van der Waals surface area contributed by atoms with Crippen molar-refractivity contribution in [3.05, 3.63) is 65.7 Å². The van der Waals surface area contributed by atoms with Gasteiger partial charge in [0.15, 0.2) is 0 Å². The summed E-state index contributed by atoms with van der Waals surface area (Å²) in [6.07, 6.45) is 1.75. The molecular weight excluding hydrogens is 278 g/mol. The maximum Gasteiger partial charge on any atom is 0.115 e. The second-order valence-corrected chi connectivity index (χ2v) is 6.03. The van der Waals surface area contributed by atoms with Gasteiger partial charge in [-0.15, -0.1) is 0 Å². The molecule has 0 aromatic heterocycles. The summed E-state index contributed by atoms with van der Waals surface area (Å²) >= 11 is 4.60. The van der Waals surface area contributed by atoms with Gasteiger partial charge in [-0.2, -0.15) is 12.6 Å². The molecule has 0 saturated carbocycles. The number of hydrogen-bond donors (Lipinski definition) is 2. The molecule has 2 aromatic rings. The first-order valence-corrected chi connectivity index (χ1v) is 7.78. The first kappa shape index (κ1) is 14.2. The lowest BCUT2D eigenvalue weighted by molar-refractivity contribution is 0.474. The molecule has 1 heterocycles. The van der Waals surface area contributed by atoms with Gasteiger partial charge >= 0.3 is 0 Å². The van der Waals surface area contributed by atoms with Crippen molar-refractivity contribution in [2.75, 3.05) is 0 Å². The maximum atomic E-state index is 9.58. The number of phenolic OH excluding ortho intramolecular Hbond substituents is 1. The highest BCUT2D eigenvalue weighted by molar-refractivity contribution is 7.81. The third-order valence-corrected chi connectivity index (χ3v) is 4.55. The molecule has 0 fully saturated rings. The van der Waals surface area contributed by atoms with Crippen LogP contribution in [-0.2, 0) is 5.41 Å². The molecule has 3 rings (SSSR count). The number of rotatable bonds is 3. The molecular formula is C18H19NOS. The van der Waals surface area contributed by atoms with Gasteiger partial charge in [0.2, 0.25) is 0 Å². The van der Waals surface area contributed by atoms with Crippen LogP contribution in [0.1, 0.15) is 30.9 Å². The Kier molecular flexibility index (Phi) is 3.77. The molecule has 0 saturated heterocycles. The molecule has 0 spiro atoms. The summed E-state index contributed by atoms with van der Waals surface area (Å²) in [6, 6.07) is 18.0. The molecule has 2 aromatic carbocycles. The summed E-state index contributed by atoms with van der Waals surface area (Å²) < 4.78 is 0. The summed E-state index contributed by atoms with van der Waals surface area (Å²) in [5.41, 5.74) is 3.35. The van der Waals surface area contributed by atoms with Crippen molar-refractivity contribution in [3.8, 4) is 5.75 Å². The Balaban J connectivity index is 2.21. The molecule has 0 radical (unpaired) electrons. The van der Waals surface area contributed by atoms with E-state index in [1.807, 2.05) is 18.2 Å². The average Bonchev–Trinajstić information content (AvgIpc) is 2.86. The lowest BCUT2D eigenvalue weighted by Crippen LogP contribution is -2.34. The van der Waals surface area contributed by atoms with Gasteiger partial charge in [0, 0.05) is 5.71 Å². The number of nitrogens with zero attached hydrogens (tertiary/aromatic N) is 1. The second-order valence-electron chi connectivity index (χ2n) is 5.43. The van der Waals surface area contributed by atoms with Crippen molar-refractivity contribution < 1.29 is 5.11 Å². The molecule has 108 valence electrons. The van der Waals surface area contributed by atoms with Crippen molar-refractivity contribution in [3.63, 3.8) is 0 Å². The molecule has 1 aliphatic rings. The topological polar surface area (TPSA) is 32.6 Å². The van der Waals surface area contributed by atoms with Crippen LogP contribution in [-0.4, -0.2) is 16.2 Å². The van der Waals surface area contributed by atoms with Gasteiger partial charge in [0.25, 0.3) is 0 Å². The third-order valence-electron chi connectivity index (χ3n) is 4.25. The zero-order chi connectivity index (χ0) is 14.9. The number of hydrogen-bond acceptors (Lipinski definition) is 3. The third kappa shape index (κ3) is 2.36. The van der Waals surface area contributed by atoms with E-state index in [1.165, 1.54) is 16.8 Å². The lowest BCUT2D eigenvalue weighted by atomic mass is 9.69. The Morgan fingerprint density at radius 3 is 2.33 bits per heavy atom. The fourth-order valence-electron chi connectivity index (χ4n) is 3.32. The van der Waals surface area contributed by atoms with Crippen molar-refractivity contribution >= 4 is 18.3 Å². The lowest BCUT2D eigenvalue weighted by Gasteiger charge is -2.32. The van der Waals surface area contributed by atoms with E-state index < -0.39 is 0 Å². The first-order chi connectivity index (χ1) is 10.2. The van der Waals surface area contributed by atoms with E-state index in [0.717, 1.165) is 12.8 Å². The highest BCUT2D eigenvalue weighted by Crippen LogP contribution is 2.45. The van der Waals surface area contributed by atoms with Crippen LogP contribution in [0.3, 0.4) is 0 Å². The van der Waals surface area contributed by atoms with Crippen molar-refractivity contribution in [2.24, 2.45) is 4.99 Å². The summed E-state index contributed by atoms with van der Waals surface area (Å²) in [5, 5.41) is 9.61. The smallest absolute Gasteiger partial charge is 0.115 e. The molecule has 0 aliphatic carbocycles. The van der Waals surface area contributed by atoms with Gasteiger partial charge in [0.1, 0.15) is 5.75 Å². The number of aliphatic imine (C=N–C) groups is 1. The van der Waals surface area contributed by atoms with Gasteiger partial charge in [0.05, 0.1) is 10.8 Å². The maximum absolute atomic E-state index is 9.58. The highest BCUT2D eigenvalue weighted by atomic mass is 32.1. The van der Waals surface area contributed by atoms with Gasteiger partial charge in [-0.3, -0.25) is 4.99 Å². The second kappa shape index (κ2) is 5.57. The van der Waals surface area contributed by atoms with Crippen LogP contribution in [0.5, 0.6) is 5.75 Å².